The van der Waals surface area contributed by atoms with E-state index in [1.807, 2.05) is 0 Å². The molecule has 0 aliphatic carbocycles. The Labute approximate surface area is 170 Å². The molecule has 0 bridgehead atoms. The molecule has 0 heterocycles. The first-order chi connectivity index (χ1) is 13.5. The fourth-order valence-corrected chi connectivity index (χ4v) is 2.94. The number of halogens is 1. The van der Waals surface area contributed by atoms with Crippen molar-refractivity contribution in [1.82, 2.24) is 5.32 Å². The van der Waals surface area contributed by atoms with E-state index in [1.54, 1.807) is 0 Å². The molecule has 162 valence electrons. The minimum Gasteiger partial charge on any atom is -0.395 e. The van der Waals surface area contributed by atoms with Gasteiger partial charge in [0.2, 0.25) is 0 Å². The standard InChI is InChI=1S/C14H19ClN4O9S/c1-29(26,27)28-7-5-17(4-2-15)13-11(14(21)16-3-6-20)8-10(18(22)23)9-12(13)19(24)25/h8-9,20H,2-7H2,1H3,(H,16,21). The highest BCUT2D eigenvalue weighted by Gasteiger charge is 2.31. The number of hydrogen-bond donors (Lipinski definition) is 2. The number of amides is 1. The first-order valence-corrected chi connectivity index (χ1v) is 10.4. The second-order valence-electron chi connectivity index (χ2n) is 5.56. The van der Waals surface area contributed by atoms with Gasteiger partial charge in [-0.15, -0.1) is 11.6 Å². The van der Waals surface area contributed by atoms with Gasteiger partial charge in [0.1, 0.15) is 5.69 Å². The molecule has 1 aromatic rings. The van der Waals surface area contributed by atoms with Crippen molar-refractivity contribution < 1.29 is 32.3 Å². The van der Waals surface area contributed by atoms with Crippen LogP contribution in [0.4, 0.5) is 17.1 Å². The molecule has 0 aliphatic rings. The average Bonchev–Trinajstić information content (AvgIpc) is 2.63. The van der Waals surface area contributed by atoms with E-state index in [9.17, 15) is 33.4 Å². The molecule has 2 N–H and O–H groups in total. The van der Waals surface area contributed by atoms with Gasteiger partial charge in [0.25, 0.3) is 27.4 Å². The van der Waals surface area contributed by atoms with E-state index >= 15 is 0 Å². The Bertz CT molecular complexity index is 878. The van der Waals surface area contributed by atoms with Crippen LogP contribution in [0.5, 0.6) is 0 Å². The number of nitro benzene ring substituents is 2. The molecule has 1 aromatic carbocycles. The number of benzene rings is 1. The lowest BCUT2D eigenvalue weighted by atomic mass is 10.1. The van der Waals surface area contributed by atoms with E-state index in [0.29, 0.717) is 6.07 Å². The maximum absolute atomic E-state index is 12.5. The third-order valence-electron chi connectivity index (χ3n) is 3.45. The number of aliphatic hydroxyl groups excluding tert-OH is 1. The summed E-state index contributed by atoms with van der Waals surface area (Å²) in [5.41, 5.74) is -2.11. The molecular formula is C14H19ClN4O9S. The number of nitrogens with one attached hydrogen (secondary N) is 1. The van der Waals surface area contributed by atoms with Crippen molar-refractivity contribution in [3.05, 3.63) is 37.9 Å². The number of carbonyl (C=O) groups is 1. The van der Waals surface area contributed by atoms with Gasteiger partial charge in [-0.05, 0) is 0 Å². The van der Waals surface area contributed by atoms with Gasteiger partial charge in [-0.1, -0.05) is 0 Å². The second kappa shape index (κ2) is 10.8. The van der Waals surface area contributed by atoms with Crippen molar-refractivity contribution in [2.24, 2.45) is 0 Å². The number of aliphatic hydroxyl groups is 1. The molecule has 0 atom stereocenters. The Morgan fingerprint density at radius 1 is 1.28 bits per heavy atom. The molecule has 0 radical (unpaired) electrons. The number of hydrogen-bond acceptors (Lipinski definition) is 10. The number of carbonyl (C=O) groups excluding carboxylic acids is 1. The normalized spacial score (nSPS) is 11.1. The van der Waals surface area contributed by atoms with Crippen molar-refractivity contribution in [3.63, 3.8) is 0 Å². The Hall–Kier alpha value is -2.55. The van der Waals surface area contributed by atoms with Gasteiger partial charge in [-0.25, -0.2) is 0 Å². The number of alkyl halides is 1. The number of rotatable bonds is 12. The maximum Gasteiger partial charge on any atom is 0.300 e. The number of anilines is 1. The zero-order valence-electron chi connectivity index (χ0n) is 15.2. The quantitative estimate of drug-likeness (QED) is 0.192. The summed E-state index contributed by atoms with van der Waals surface area (Å²) < 4.78 is 26.9. The summed E-state index contributed by atoms with van der Waals surface area (Å²) in [6, 6.07) is 1.55. The van der Waals surface area contributed by atoms with Crippen LogP contribution in [0, 0.1) is 20.2 Å². The van der Waals surface area contributed by atoms with Gasteiger partial charge < -0.3 is 15.3 Å². The van der Waals surface area contributed by atoms with Gasteiger partial charge in [0.05, 0.1) is 40.9 Å². The minimum absolute atomic E-state index is 0.0480. The topological polar surface area (TPSA) is 182 Å². The Morgan fingerprint density at radius 2 is 1.93 bits per heavy atom. The predicted octanol–water partition coefficient (Wildman–Crippen LogP) is 0.247. The van der Waals surface area contributed by atoms with Gasteiger partial charge >= 0.3 is 0 Å². The molecule has 0 unspecified atom stereocenters. The molecule has 1 rings (SSSR count). The molecule has 29 heavy (non-hydrogen) atoms. The van der Waals surface area contributed by atoms with Crippen LogP contribution in [0.25, 0.3) is 0 Å². The number of nitro groups is 2. The van der Waals surface area contributed by atoms with Crippen LogP contribution >= 0.6 is 11.6 Å². The van der Waals surface area contributed by atoms with Gasteiger partial charge in [-0.2, -0.15) is 8.42 Å². The lowest BCUT2D eigenvalue weighted by Crippen LogP contribution is -2.34. The summed E-state index contributed by atoms with van der Waals surface area (Å²) in [6.07, 6.45) is 0.820. The molecular weight excluding hydrogens is 436 g/mol. The van der Waals surface area contributed by atoms with Gasteiger partial charge in [0.15, 0.2) is 0 Å². The third kappa shape index (κ3) is 7.41. The van der Waals surface area contributed by atoms with Crippen LogP contribution in [0.15, 0.2) is 12.1 Å². The SMILES string of the molecule is CS(=O)(=O)OCCN(CCCl)c1c(C(=O)NCCO)cc([N+](=O)[O-])cc1[N+](=O)[O-]. The Balaban J connectivity index is 3.55. The van der Waals surface area contributed by atoms with Crippen LogP contribution in [-0.2, 0) is 14.3 Å². The average molecular weight is 455 g/mol. The Morgan fingerprint density at radius 3 is 2.41 bits per heavy atom. The molecule has 0 saturated carbocycles. The molecule has 15 heteroatoms. The van der Waals surface area contributed by atoms with E-state index in [2.05, 4.69) is 9.50 Å². The lowest BCUT2D eigenvalue weighted by molar-refractivity contribution is -0.393. The van der Waals surface area contributed by atoms with Crippen LogP contribution in [0.1, 0.15) is 10.4 Å². The van der Waals surface area contributed by atoms with E-state index in [4.69, 9.17) is 16.7 Å². The highest BCUT2D eigenvalue weighted by molar-refractivity contribution is 7.85. The monoisotopic (exact) mass is 454 g/mol. The number of nitrogens with zero attached hydrogens (tertiary/aromatic N) is 3. The highest BCUT2D eigenvalue weighted by Crippen LogP contribution is 2.36. The fourth-order valence-electron chi connectivity index (χ4n) is 2.36. The summed E-state index contributed by atoms with van der Waals surface area (Å²) in [5.74, 6) is -0.950. The fraction of sp³-hybridized carbons (Fsp3) is 0.500. The maximum atomic E-state index is 12.5. The van der Waals surface area contributed by atoms with Crippen molar-refractivity contribution in [3.8, 4) is 0 Å². The first-order valence-electron chi connectivity index (χ1n) is 8.03. The summed E-state index contributed by atoms with van der Waals surface area (Å²) >= 11 is 5.73. The van der Waals surface area contributed by atoms with Crippen LogP contribution < -0.4 is 10.2 Å². The molecule has 0 aromatic heterocycles. The van der Waals surface area contributed by atoms with E-state index in [1.165, 1.54) is 4.90 Å². The highest BCUT2D eigenvalue weighted by atomic mass is 35.5. The molecule has 1 amide bonds. The minimum atomic E-state index is -3.79. The largest absolute Gasteiger partial charge is 0.395 e. The predicted molar refractivity (Wildman–Crippen MR) is 103 cm³/mol. The van der Waals surface area contributed by atoms with Crippen molar-refractivity contribution in [2.45, 2.75) is 0 Å². The van der Waals surface area contributed by atoms with E-state index in [-0.39, 0.29) is 31.2 Å². The van der Waals surface area contributed by atoms with Crippen LogP contribution in [-0.4, -0.2) is 74.3 Å². The zero-order valence-corrected chi connectivity index (χ0v) is 16.8. The second-order valence-corrected chi connectivity index (χ2v) is 7.58. The van der Waals surface area contributed by atoms with Crippen molar-refractivity contribution in [1.29, 1.82) is 0 Å². The number of non-ortho nitro benzene ring substituents is 1. The smallest absolute Gasteiger partial charge is 0.300 e. The van der Waals surface area contributed by atoms with Crippen molar-refractivity contribution >= 4 is 44.7 Å². The molecule has 0 aliphatic heterocycles. The van der Waals surface area contributed by atoms with Crippen molar-refractivity contribution in [2.75, 3.05) is 49.9 Å². The lowest BCUT2D eigenvalue weighted by Gasteiger charge is -2.25. The Kier molecular flexibility index (Phi) is 9.16. The molecule has 13 nitrogen and oxygen atoms in total. The summed E-state index contributed by atoms with van der Waals surface area (Å²) in [5, 5.41) is 33.8. The third-order valence-corrected chi connectivity index (χ3v) is 4.22. The van der Waals surface area contributed by atoms with Crippen LogP contribution in [0.2, 0.25) is 0 Å². The molecule has 0 fully saturated rings. The van der Waals surface area contributed by atoms with Gasteiger partial charge in [-0.3, -0.25) is 29.2 Å². The van der Waals surface area contributed by atoms with E-state index < -0.39 is 56.0 Å². The molecule has 0 saturated heterocycles. The van der Waals surface area contributed by atoms with Crippen LogP contribution in [0.3, 0.4) is 0 Å². The summed E-state index contributed by atoms with van der Waals surface area (Å²) in [4.78, 5) is 34.6. The summed E-state index contributed by atoms with van der Waals surface area (Å²) in [6.45, 7) is -1.28. The van der Waals surface area contributed by atoms with Gasteiger partial charge in [0, 0.05) is 31.6 Å². The molecule has 0 spiro atoms. The summed E-state index contributed by atoms with van der Waals surface area (Å²) in [7, 11) is -3.79. The first kappa shape index (κ1) is 24.5. The van der Waals surface area contributed by atoms with E-state index in [0.717, 1.165) is 12.3 Å². The zero-order chi connectivity index (χ0) is 22.2.